The van der Waals surface area contributed by atoms with Crippen LogP contribution in [0, 0.1) is 11.8 Å². The van der Waals surface area contributed by atoms with Gasteiger partial charge in [-0.3, -0.25) is 4.90 Å². The third-order valence-corrected chi connectivity index (χ3v) is 3.47. The molecule has 1 saturated carbocycles. The second kappa shape index (κ2) is 6.61. The summed E-state index contributed by atoms with van der Waals surface area (Å²) in [5, 5.41) is 0. The predicted molar refractivity (Wildman–Crippen MR) is 71.5 cm³/mol. The molecular formula is C14H30N2. The number of nitrogens with zero attached hydrogens (tertiary/aromatic N) is 1. The van der Waals surface area contributed by atoms with Crippen LogP contribution in [0.25, 0.3) is 0 Å². The van der Waals surface area contributed by atoms with E-state index in [2.05, 4.69) is 32.6 Å². The van der Waals surface area contributed by atoms with E-state index in [1.54, 1.807) is 0 Å². The zero-order chi connectivity index (χ0) is 12.1. The number of hydrogen-bond acceptors (Lipinski definition) is 2. The van der Waals surface area contributed by atoms with Gasteiger partial charge in [-0.1, -0.05) is 27.7 Å². The van der Waals surface area contributed by atoms with Crippen LogP contribution < -0.4 is 5.73 Å². The summed E-state index contributed by atoms with van der Waals surface area (Å²) in [4.78, 5) is 2.69. The highest BCUT2D eigenvalue weighted by atomic mass is 15.2. The molecule has 0 aromatic rings. The van der Waals surface area contributed by atoms with Gasteiger partial charge in [0.1, 0.15) is 0 Å². The smallest absolute Gasteiger partial charge is 0.0223 e. The van der Waals surface area contributed by atoms with Crippen LogP contribution in [0.15, 0.2) is 0 Å². The first-order valence-electron chi connectivity index (χ1n) is 7.00. The third-order valence-electron chi connectivity index (χ3n) is 3.47. The van der Waals surface area contributed by atoms with Crippen LogP contribution in [-0.2, 0) is 0 Å². The van der Waals surface area contributed by atoms with Crippen LogP contribution in [0.3, 0.4) is 0 Å². The van der Waals surface area contributed by atoms with Gasteiger partial charge in [-0.2, -0.15) is 0 Å². The molecule has 2 heteroatoms. The topological polar surface area (TPSA) is 29.3 Å². The Morgan fingerprint density at radius 1 is 1.12 bits per heavy atom. The quantitative estimate of drug-likeness (QED) is 0.689. The zero-order valence-electron chi connectivity index (χ0n) is 11.6. The van der Waals surface area contributed by atoms with Crippen LogP contribution in [-0.4, -0.2) is 30.1 Å². The molecule has 0 saturated heterocycles. The maximum Gasteiger partial charge on any atom is 0.0223 e. The molecule has 0 spiro atoms. The minimum atomic E-state index is 0.617. The van der Waals surface area contributed by atoms with E-state index >= 15 is 0 Å². The Morgan fingerprint density at radius 2 is 1.75 bits per heavy atom. The summed E-state index contributed by atoms with van der Waals surface area (Å²) in [6.07, 6.45) is 5.36. The molecule has 1 aliphatic carbocycles. The van der Waals surface area contributed by atoms with Gasteiger partial charge in [0.25, 0.3) is 0 Å². The molecule has 2 N–H and O–H groups in total. The lowest BCUT2D eigenvalue weighted by molar-refractivity contribution is 0.160. The molecule has 1 atom stereocenters. The van der Waals surface area contributed by atoms with Crippen molar-refractivity contribution in [2.24, 2.45) is 17.6 Å². The standard InChI is InChI=1S/C14H30N2/c1-11(2)7-8-16(13-5-6-13)14(10-15)9-12(3)4/h11-14H,5-10,15H2,1-4H3. The van der Waals surface area contributed by atoms with E-state index in [1.165, 1.54) is 32.2 Å². The second-order valence-corrected chi connectivity index (χ2v) is 6.17. The number of hydrogen-bond donors (Lipinski definition) is 1. The maximum absolute atomic E-state index is 5.95. The SMILES string of the molecule is CC(C)CCN(C1CC1)C(CN)CC(C)C. The van der Waals surface area contributed by atoms with Crippen molar-refractivity contribution >= 4 is 0 Å². The molecule has 0 aromatic carbocycles. The molecule has 0 heterocycles. The Kier molecular flexibility index (Phi) is 5.77. The van der Waals surface area contributed by atoms with Gasteiger partial charge in [0.2, 0.25) is 0 Å². The van der Waals surface area contributed by atoms with Crippen molar-refractivity contribution in [2.75, 3.05) is 13.1 Å². The first-order valence-corrected chi connectivity index (χ1v) is 7.00. The highest BCUT2D eigenvalue weighted by molar-refractivity contribution is 4.89. The summed E-state index contributed by atoms with van der Waals surface area (Å²) in [6.45, 7) is 11.3. The molecule has 16 heavy (non-hydrogen) atoms. The van der Waals surface area contributed by atoms with Gasteiger partial charge >= 0.3 is 0 Å². The summed E-state index contributed by atoms with van der Waals surface area (Å²) in [5.74, 6) is 1.56. The van der Waals surface area contributed by atoms with Crippen molar-refractivity contribution in [2.45, 2.75) is 65.5 Å². The normalized spacial score (nSPS) is 18.8. The van der Waals surface area contributed by atoms with Crippen molar-refractivity contribution in [3.05, 3.63) is 0 Å². The van der Waals surface area contributed by atoms with Crippen molar-refractivity contribution in [1.29, 1.82) is 0 Å². The fourth-order valence-electron chi connectivity index (χ4n) is 2.39. The Labute approximate surface area is 102 Å². The Balaban J connectivity index is 2.45. The van der Waals surface area contributed by atoms with E-state index in [0.29, 0.717) is 6.04 Å². The minimum Gasteiger partial charge on any atom is -0.329 e. The van der Waals surface area contributed by atoms with Crippen LogP contribution in [0.4, 0.5) is 0 Å². The van der Waals surface area contributed by atoms with Gasteiger partial charge < -0.3 is 5.73 Å². The average Bonchev–Trinajstić information content (AvgIpc) is 2.99. The average molecular weight is 226 g/mol. The van der Waals surface area contributed by atoms with Gasteiger partial charge in [0, 0.05) is 18.6 Å². The summed E-state index contributed by atoms with van der Waals surface area (Å²) in [7, 11) is 0. The number of rotatable bonds is 8. The molecule has 1 fully saturated rings. The molecule has 1 aliphatic rings. The van der Waals surface area contributed by atoms with Crippen LogP contribution in [0.2, 0.25) is 0 Å². The van der Waals surface area contributed by atoms with Crippen LogP contribution in [0.1, 0.15) is 53.4 Å². The van der Waals surface area contributed by atoms with Gasteiger partial charge in [-0.15, -0.1) is 0 Å². The lowest BCUT2D eigenvalue weighted by atomic mass is 10.0. The van der Waals surface area contributed by atoms with E-state index in [4.69, 9.17) is 5.73 Å². The van der Waals surface area contributed by atoms with Gasteiger partial charge in [-0.25, -0.2) is 0 Å². The third kappa shape index (κ3) is 4.84. The van der Waals surface area contributed by atoms with Crippen LogP contribution in [0.5, 0.6) is 0 Å². The molecular weight excluding hydrogens is 196 g/mol. The second-order valence-electron chi connectivity index (χ2n) is 6.17. The van der Waals surface area contributed by atoms with Crippen molar-refractivity contribution in [3.8, 4) is 0 Å². The molecule has 0 bridgehead atoms. The molecule has 1 unspecified atom stereocenters. The van der Waals surface area contributed by atoms with Crippen molar-refractivity contribution in [1.82, 2.24) is 4.90 Å². The summed E-state index contributed by atoms with van der Waals surface area (Å²) in [5.41, 5.74) is 5.95. The molecule has 0 aromatic heterocycles. The minimum absolute atomic E-state index is 0.617. The van der Waals surface area contributed by atoms with E-state index in [-0.39, 0.29) is 0 Å². The molecule has 96 valence electrons. The molecule has 0 amide bonds. The Morgan fingerprint density at radius 3 is 2.12 bits per heavy atom. The summed E-state index contributed by atoms with van der Waals surface area (Å²) >= 11 is 0. The van der Waals surface area contributed by atoms with E-state index < -0.39 is 0 Å². The molecule has 2 nitrogen and oxygen atoms in total. The Bertz CT molecular complexity index is 185. The van der Waals surface area contributed by atoms with Gasteiger partial charge in [0.05, 0.1) is 0 Å². The summed E-state index contributed by atoms with van der Waals surface area (Å²) in [6, 6.07) is 1.47. The lowest BCUT2D eigenvalue weighted by Crippen LogP contribution is -2.43. The Hall–Kier alpha value is -0.0800. The highest BCUT2D eigenvalue weighted by Crippen LogP contribution is 2.30. The highest BCUT2D eigenvalue weighted by Gasteiger charge is 2.33. The first kappa shape index (κ1) is 14.0. The van der Waals surface area contributed by atoms with E-state index in [9.17, 15) is 0 Å². The molecule has 0 aliphatic heterocycles. The van der Waals surface area contributed by atoms with Gasteiger partial charge in [-0.05, 0) is 44.1 Å². The fourth-order valence-corrected chi connectivity index (χ4v) is 2.39. The summed E-state index contributed by atoms with van der Waals surface area (Å²) < 4.78 is 0. The number of nitrogens with two attached hydrogens (primary N) is 1. The van der Waals surface area contributed by atoms with Gasteiger partial charge in [0.15, 0.2) is 0 Å². The van der Waals surface area contributed by atoms with E-state index in [1.807, 2.05) is 0 Å². The molecule has 1 rings (SSSR count). The first-order chi connectivity index (χ1) is 7.54. The van der Waals surface area contributed by atoms with E-state index in [0.717, 1.165) is 24.4 Å². The zero-order valence-corrected chi connectivity index (χ0v) is 11.6. The van der Waals surface area contributed by atoms with Crippen molar-refractivity contribution < 1.29 is 0 Å². The van der Waals surface area contributed by atoms with Crippen LogP contribution >= 0.6 is 0 Å². The monoisotopic (exact) mass is 226 g/mol. The predicted octanol–water partition coefficient (Wildman–Crippen LogP) is 2.87. The lowest BCUT2D eigenvalue weighted by Gasteiger charge is -2.32. The largest absolute Gasteiger partial charge is 0.329 e. The maximum atomic E-state index is 5.95. The fraction of sp³-hybridized carbons (Fsp3) is 1.00. The van der Waals surface area contributed by atoms with Crippen molar-refractivity contribution in [3.63, 3.8) is 0 Å². The molecule has 0 radical (unpaired) electrons.